The van der Waals surface area contributed by atoms with Crippen molar-refractivity contribution in [3.63, 3.8) is 0 Å². The van der Waals surface area contributed by atoms with Crippen molar-refractivity contribution in [3.05, 3.63) is 78.0 Å². The van der Waals surface area contributed by atoms with Crippen molar-refractivity contribution in [3.8, 4) is 11.3 Å². The minimum absolute atomic E-state index is 0.245. The molecule has 0 bridgehead atoms. The van der Waals surface area contributed by atoms with Crippen LogP contribution >= 0.6 is 0 Å². The summed E-state index contributed by atoms with van der Waals surface area (Å²) in [6.45, 7) is 0.449. The lowest BCUT2D eigenvalue weighted by atomic mass is 10.1. The van der Waals surface area contributed by atoms with Gasteiger partial charge in [-0.25, -0.2) is 5.43 Å². The minimum Gasteiger partial charge on any atom is -0.266 e. The third-order valence-corrected chi connectivity index (χ3v) is 3.78. The third-order valence-electron chi connectivity index (χ3n) is 3.78. The van der Waals surface area contributed by atoms with Crippen molar-refractivity contribution >= 4 is 11.6 Å². The lowest BCUT2D eigenvalue weighted by Gasteiger charge is -2.05. The third kappa shape index (κ3) is 2.53. The molecule has 2 heterocycles. The number of benzene rings is 2. The summed E-state index contributed by atoms with van der Waals surface area (Å²) in [5.74, 6) is -0.245. The monoisotopic (exact) mass is 302 g/mol. The maximum absolute atomic E-state index is 12.2. The van der Waals surface area contributed by atoms with Gasteiger partial charge in [0.05, 0.1) is 18.0 Å². The van der Waals surface area contributed by atoms with E-state index in [1.54, 1.807) is 10.7 Å². The second kappa shape index (κ2) is 5.53. The summed E-state index contributed by atoms with van der Waals surface area (Å²) in [6.07, 6.45) is 0. The number of nitrogens with one attached hydrogen (secondary N) is 1. The zero-order valence-corrected chi connectivity index (χ0v) is 12.3. The summed E-state index contributed by atoms with van der Waals surface area (Å²) in [6, 6.07) is 21.4. The highest BCUT2D eigenvalue weighted by Gasteiger charge is 2.21. The van der Waals surface area contributed by atoms with Crippen molar-refractivity contribution in [2.75, 3.05) is 0 Å². The molecule has 0 radical (unpaired) electrons. The van der Waals surface area contributed by atoms with Crippen LogP contribution in [0.4, 0.5) is 0 Å². The van der Waals surface area contributed by atoms with E-state index in [2.05, 4.69) is 15.6 Å². The number of hydrogen-bond donors (Lipinski definition) is 1. The highest BCUT2D eigenvalue weighted by Crippen LogP contribution is 2.20. The molecule has 5 heteroatoms. The molecule has 1 aliphatic rings. The molecular formula is C18H14N4O. The first-order chi connectivity index (χ1) is 11.3. The maximum atomic E-state index is 12.2. The Morgan fingerprint density at radius 2 is 1.57 bits per heavy atom. The number of fused-ring (bicyclic) bond motifs is 1. The van der Waals surface area contributed by atoms with Gasteiger partial charge in [0.2, 0.25) is 0 Å². The van der Waals surface area contributed by atoms with Crippen LogP contribution in [0, 0.1) is 0 Å². The molecule has 0 spiro atoms. The van der Waals surface area contributed by atoms with Gasteiger partial charge in [-0.1, -0.05) is 60.7 Å². The number of hydrogen-bond acceptors (Lipinski definition) is 3. The summed E-state index contributed by atoms with van der Waals surface area (Å²) in [5, 5.41) is 8.80. The lowest BCUT2D eigenvalue weighted by Crippen LogP contribution is -2.18. The molecular weight excluding hydrogens is 288 g/mol. The normalized spacial score (nSPS) is 13.7. The van der Waals surface area contributed by atoms with Crippen LogP contribution in [0.1, 0.15) is 16.1 Å². The predicted molar refractivity (Wildman–Crippen MR) is 88.1 cm³/mol. The molecule has 5 nitrogen and oxygen atoms in total. The van der Waals surface area contributed by atoms with Gasteiger partial charge in [0.15, 0.2) is 0 Å². The fourth-order valence-corrected chi connectivity index (χ4v) is 2.61. The number of aromatic nitrogens is 2. The number of nitrogens with zero attached hydrogens (tertiary/aromatic N) is 3. The van der Waals surface area contributed by atoms with Crippen LogP contribution < -0.4 is 5.43 Å². The van der Waals surface area contributed by atoms with E-state index in [-0.39, 0.29) is 5.91 Å². The Balaban J connectivity index is 1.75. The molecule has 0 atom stereocenters. The van der Waals surface area contributed by atoms with Crippen molar-refractivity contribution in [1.82, 2.24) is 15.2 Å². The topological polar surface area (TPSA) is 59.3 Å². The van der Waals surface area contributed by atoms with E-state index in [0.29, 0.717) is 12.2 Å². The summed E-state index contributed by atoms with van der Waals surface area (Å²) >= 11 is 0. The molecule has 4 rings (SSSR count). The van der Waals surface area contributed by atoms with E-state index in [1.807, 2.05) is 60.7 Å². The van der Waals surface area contributed by atoms with Crippen molar-refractivity contribution in [1.29, 1.82) is 0 Å². The first-order valence-corrected chi connectivity index (χ1v) is 7.37. The number of hydrazone groups is 1. The number of rotatable bonds is 2. The summed E-state index contributed by atoms with van der Waals surface area (Å²) in [7, 11) is 0. The fourth-order valence-electron chi connectivity index (χ4n) is 2.61. The molecule has 2 aromatic carbocycles. The average Bonchev–Trinajstić information content (AvgIpc) is 2.97. The van der Waals surface area contributed by atoms with Gasteiger partial charge in [-0.15, -0.1) is 0 Å². The van der Waals surface area contributed by atoms with Crippen LogP contribution in [0.3, 0.4) is 0 Å². The Morgan fingerprint density at radius 1 is 0.913 bits per heavy atom. The molecule has 1 N–H and O–H groups in total. The minimum atomic E-state index is -0.245. The Labute approximate surface area is 133 Å². The van der Waals surface area contributed by atoms with Crippen LogP contribution in [0.2, 0.25) is 0 Å². The maximum Gasteiger partial charge on any atom is 0.289 e. The quantitative estimate of drug-likeness (QED) is 0.791. The Morgan fingerprint density at radius 3 is 2.26 bits per heavy atom. The molecule has 112 valence electrons. The van der Waals surface area contributed by atoms with E-state index in [4.69, 9.17) is 0 Å². The zero-order chi connectivity index (χ0) is 15.6. The van der Waals surface area contributed by atoms with Gasteiger partial charge in [-0.3, -0.25) is 9.48 Å². The molecule has 0 fully saturated rings. The molecule has 1 amide bonds. The van der Waals surface area contributed by atoms with Crippen LogP contribution in [0.15, 0.2) is 71.8 Å². The Bertz CT molecular complexity index is 882. The second-order valence-corrected chi connectivity index (χ2v) is 5.30. The van der Waals surface area contributed by atoms with Gasteiger partial charge in [-0.05, 0) is 11.6 Å². The zero-order valence-electron chi connectivity index (χ0n) is 12.3. The average molecular weight is 302 g/mol. The van der Waals surface area contributed by atoms with E-state index < -0.39 is 0 Å². The van der Waals surface area contributed by atoms with Crippen LogP contribution in [-0.4, -0.2) is 21.4 Å². The van der Waals surface area contributed by atoms with Crippen LogP contribution in [-0.2, 0) is 6.54 Å². The van der Waals surface area contributed by atoms with Gasteiger partial charge in [0, 0.05) is 5.56 Å². The second-order valence-electron chi connectivity index (χ2n) is 5.30. The molecule has 1 aliphatic heterocycles. The highest BCUT2D eigenvalue weighted by molar-refractivity contribution is 6.04. The first-order valence-electron chi connectivity index (χ1n) is 7.37. The number of amides is 1. The van der Waals surface area contributed by atoms with Crippen molar-refractivity contribution < 1.29 is 4.79 Å². The van der Waals surface area contributed by atoms with E-state index in [9.17, 15) is 4.79 Å². The molecule has 3 aromatic rings. The molecule has 0 saturated heterocycles. The molecule has 1 aromatic heterocycles. The number of carbonyl (C=O) groups is 1. The van der Waals surface area contributed by atoms with Crippen LogP contribution in [0.25, 0.3) is 11.3 Å². The smallest absolute Gasteiger partial charge is 0.266 e. The number of carbonyl (C=O) groups excluding carboxylic acids is 1. The highest BCUT2D eigenvalue weighted by atomic mass is 16.2. The Kier molecular flexibility index (Phi) is 3.24. The SMILES string of the molecule is O=C1NN=C(c2ccccc2)Cn2nc(-c3ccccc3)cc21. The predicted octanol–water partition coefficient (Wildman–Crippen LogP) is 2.70. The summed E-state index contributed by atoms with van der Waals surface area (Å²) < 4.78 is 1.70. The first kappa shape index (κ1) is 13.5. The van der Waals surface area contributed by atoms with Gasteiger partial charge in [-0.2, -0.15) is 10.2 Å². The van der Waals surface area contributed by atoms with Gasteiger partial charge < -0.3 is 0 Å². The Hall–Kier alpha value is -3.21. The molecule has 0 saturated carbocycles. The van der Waals surface area contributed by atoms with Crippen LogP contribution in [0.5, 0.6) is 0 Å². The molecule has 0 aliphatic carbocycles. The van der Waals surface area contributed by atoms with Gasteiger partial charge >= 0.3 is 0 Å². The van der Waals surface area contributed by atoms with E-state index in [1.165, 1.54) is 0 Å². The molecule has 23 heavy (non-hydrogen) atoms. The van der Waals surface area contributed by atoms with Gasteiger partial charge in [0.1, 0.15) is 5.69 Å². The van der Waals surface area contributed by atoms with Gasteiger partial charge in [0.25, 0.3) is 5.91 Å². The van der Waals surface area contributed by atoms with E-state index >= 15 is 0 Å². The van der Waals surface area contributed by atoms with Crippen molar-refractivity contribution in [2.24, 2.45) is 5.10 Å². The lowest BCUT2D eigenvalue weighted by molar-refractivity contribution is 0.0947. The standard InChI is InChI=1S/C18H14N4O/c23-18-17-11-15(13-7-3-1-4-8-13)21-22(17)12-16(19-20-18)14-9-5-2-6-10-14/h1-11H,12H2,(H,20,23). The molecule has 0 unspecified atom stereocenters. The largest absolute Gasteiger partial charge is 0.289 e. The van der Waals surface area contributed by atoms with E-state index in [0.717, 1.165) is 22.5 Å². The summed E-state index contributed by atoms with van der Waals surface area (Å²) in [4.78, 5) is 12.2. The van der Waals surface area contributed by atoms with Crippen molar-refractivity contribution in [2.45, 2.75) is 6.54 Å². The fraction of sp³-hybridized carbons (Fsp3) is 0.0556. The summed E-state index contributed by atoms with van der Waals surface area (Å²) in [5.41, 5.74) is 6.63.